The highest BCUT2D eigenvalue weighted by atomic mass is 16.5. The van der Waals surface area contributed by atoms with Crippen LogP contribution in [0.1, 0.15) is 38.1 Å². The van der Waals surface area contributed by atoms with Gasteiger partial charge in [-0.1, -0.05) is 31.1 Å². The Hall–Kier alpha value is -2.37. The Morgan fingerprint density at radius 1 is 1.28 bits per heavy atom. The molecule has 134 valence electrons. The maximum Gasteiger partial charge on any atom is 0.317 e. The number of nitrogens with zero attached hydrogens (tertiary/aromatic N) is 3. The fourth-order valence-electron chi connectivity index (χ4n) is 2.97. The number of carbonyl (C=O) groups is 1. The number of rotatable bonds is 5. The molecule has 1 fully saturated rings. The van der Waals surface area contributed by atoms with Crippen LogP contribution in [-0.2, 0) is 12.8 Å². The van der Waals surface area contributed by atoms with Gasteiger partial charge in [0.1, 0.15) is 0 Å². The van der Waals surface area contributed by atoms with E-state index in [1.54, 1.807) is 0 Å². The van der Waals surface area contributed by atoms with Crippen molar-refractivity contribution in [2.45, 2.75) is 39.5 Å². The van der Waals surface area contributed by atoms with Gasteiger partial charge in [-0.2, -0.15) is 4.98 Å². The van der Waals surface area contributed by atoms with Crippen molar-refractivity contribution in [2.24, 2.45) is 5.92 Å². The number of aryl methyl sites for hydroxylation is 1. The summed E-state index contributed by atoms with van der Waals surface area (Å²) in [5.41, 5.74) is 2.09. The van der Waals surface area contributed by atoms with E-state index in [9.17, 15) is 4.79 Å². The third-order valence-electron chi connectivity index (χ3n) is 4.75. The zero-order chi connectivity index (χ0) is 17.6. The monoisotopic (exact) mass is 342 g/mol. The van der Waals surface area contributed by atoms with Gasteiger partial charge in [0.2, 0.25) is 0 Å². The van der Waals surface area contributed by atoms with E-state index in [1.807, 2.05) is 36.1 Å². The van der Waals surface area contributed by atoms with Crippen molar-refractivity contribution >= 4 is 6.03 Å². The average Bonchev–Trinajstić information content (AvgIpc) is 3.12. The minimum atomic E-state index is 0.0569. The third kappa shape index (κ3) is 4.59. The zero-order valence-corrected chi connectivity index (χ0v) is 15.0. The molecule has 1 saturated heterocycles. The van der Waals surface area contributed by atoms with E-state index in [4.69, 9.17) is 4.52 Å². The van der Waals surface area contributed by atoms with Crippen molar-refractivity contribution in [2.75, 3.05) is 19.6 Å². The molecule has 0 spiro atoms. The summed E-state index contributed by atoms with van der Waals surface area (Å²) in [5.74, 6) is 2.00. The highest BCUT2D eigenvalue weighted by molar-refractivity contribution is 5.74. The maximum absolute atomic E-state index is 12.2. The molecule has 1 N–H and O–H groups in total. The molecule has 0 atom stereocenters. The van der Waals surface area contributed by atoms with Crippen LogP contribution < -0.4 is 5.32 Å². The predicted molar refractivity (Wildman–Crippen MR) is 96.2 cm³/mol. The van der Waals surface area contributed by atoms with Crippen molar-refractivity contribution in [1.29, 1.82) is 0 Å². The first-order valence-electron chi connectivity index (χ1n) is 9.10. The smallest absolute Gasteiger partial charge is 0.317 e. The third-order valence-corrected chi connectivity index (χ3v) is 4.75. The number of benzene rings is 1. The molecule has 1 aliphatic heterocycles. The number of hydrogen-bond donors (Lipinski definition) is 1. The van der Waals surface area contributed by atoms with Crippen LogP contribution in [0.25, 0.3) is 11.5 Å². The van der Waals surface area contributed by atoms with Crippen LogP contribution in [0.2, 0.25) is 0 Å². The normalized spacial score (nSPS) is 15.4. The molecule has 1 aromatic heterocycles. The molecule has 0 unspecified atom stereocenters. The highest BCUT2D eigenvalue weighted by Gasteiger charge is 2.19. The summed E-state index contributed by atoms with van der Waals surface area (Å²) in [6, 6.07) is 8.10. The topological polar surface area (TPSA) is 71.3 Å². The SMILES string of the molecule is CCc1noc(-c2ccc(CCNC(=O)N3CCC(C)CC3)cc2)n1. The summed E-state index contributed by atoms with van der Waals surface area (Å²) in [4.78, 5) is 18.4. The van der Waals surface area contributed by atoms with Crippen molar-refractivity contribution in [3.63, 3.8) is 0 Å². The summed E-state index contributed by atoms with van der Waals surface area (Å²) in [5, 5.41) is 6.93. The molecule has 0 saturated carbocycles. The van der Waals surface area contributed by atoms with Gasteiger partial charge in [0, 0.05) is 31.6 Å². The van der Waals surface area contributed by atoms with Crippen LogP contribution in [0.3, 0.4) is 0 Å². The number of likely N-dealkylation sites (tertiary alicyclic amines) is 1. The molecular formula is C19H26N4O2. The van der Waals surface area contributed by atoms with E-state index in [2.05, 4.69) is 22.4 Å². The molecule has 6 heteroatoms. The first-order valence-corrected chi connectivity index (χ1v) is 9.10. The Morgan fingerprint density at radius 3 is 2.64 bits per heavy atom. The van der Waals surface area contributed by atoms with Crippen molar-refractivity contribution in [3.8, 4) is 11.5 Å². The number of urea groups is 1. The Bertz CT molecular complexity index is 688. The summed E-state index contributed by atoms with van der Waals surface area (Å²) >= 11 is 0. The lowest BCUT2D eigenvalue weighted by Crippen LogP contribution is -2.44. The molecule has 2 amide bonds. The number of carbonyl (C=O) groups excluding carboxylic acids is 1. The van der Waals surface area contributed by atoms with E-state index < -0.39 is 0 Å². The minimum Gasteiger partial charge on any atom is -0.338 e. The van der Waals surface area contributed by atoms with Crippen LogP contribution in [0, 0.1) is 5.92 Å². The van der Waals surface area contributed by atoms with E-state index in [0.717, 1.165) is 50.3 Å². The van der Waals surface area contributed by atoms with Crippen LogP contribution in [0.4, 0.5) is 4.79 Å². The van der Waals surface area contributed by atoms with Gasteiger partial charge in [0.25, 0.3) is 5.89 Å². The number of amides is 2. The molecule has 2 heterocycles. The average molecular weight is 342 g/mol. The Balaban J connectivity index is 1.46. The Labute approximate surface area is 148 Å². The lowest BCUT2D eigenvalue weighted by atomic mass is 10.00. The molecule has 1 aliphatic rings. The van der Waals surface area contributed by atoms with Gasteiger partial charge >= 0.3 is 6.03 Å². The van der Waals surface area contributed by atoms with Gasteiger partial charge in [-0.15, -0.1) is 0 Å². The molecule has 25 heavy (non-hydrogen) atoms. The maximum atomic E-state index is 12.2. The number of nitrogens with one attached hydrogen (secondary N) is 1. The fraction of sp³-hybridized carbons (Fsp3) is 0.526. The Kier molecular flexibility index (Phi) is 5.68. The van der Waals surface area contributed by atoms with Crippen LogP contribution in [0.5, 0.6) is 0 Å². The van der Waals surface area contributed by atoms with Crippen molar-refractivity contribution < 1.29 is 9.32 Å². The van der Waals surface area contributed by atoms with Gasteiger partial charge in [-0.3, -0.25) is 0 Å². The second-order valence-corrected chi connectivity index (χ2v) is 6.72. The molecule has 3 rings (SSSR count). The fourth-order valence-corrected chi connectivity index (χ4v) is 2.97. The number of hydrogen-bond acceptors (Lipinski definition) is 4. The van der Waals surface area contributed by atoms with Crippen molar-refractivity contribution in [3.05, 3.63) is 35.7 Å². The molecule has 1 aromatic carbocycles. The predicted octanol–water partition coefficient (Wildman–Crippen LogP) is 3.28. The summed E-state index contributed by atoms with van der Waals surface area (Å²) in [6.45, 7) is 6.62. The van der Waals surface area contributed by atoms with Gasteiger partial charge in [-0.25, -0.2) is 4.79 Å². The van der Waals surface area contributed by atoms with Crippen LogP contribution in [0.15, 0.2) is 28.8 Å². The molecule has 0 bridgehead atoms. The van der Waals surface area contributed by atoms with Crippen LogP contribution in [-0.4, -0.2) is 40.7 Å². The number of aromatic nitrogens is 2. The van der Waals surface area contributed by atoms with Crippen LogP contribution >= 0.6 is 0 Å². The molecule has 0 radical (unpaired) electrons. The van der Waals surface area contributed by atoms with E-state index >= 15 is 0 Å². The first kappa shape index (κ1) is 17.5. The molecule has 6 nitrogen and oxygen atoms in total. The molecule has 2 aromatic rings. The lowest BCUT2D eigenvalue weighted by molar-refractivity contribution is 0.174. The van der Waals surface area contributed by atoms with E-state index in [0.29, 0.717) is 18.3 Å². The largest absolute Gasteiger partial charge is 0.338 e. The minimum absolute atomic E-state index is 0.0569. The summed E-state index contributed by atoms with van der Waals surface area (Å²) in [6.07, 6.45) is 3.77. The first-order chi connectivity index (χ1) is 12.2. The number of piperidine rings is 1. The summed E-state index contributed by atoms with van der Waals surface area (Å²) < 4.78 is 5.25. The quantitative estimate of drug-likeness (QED) is 0.905. The van der Waals surface area contributed by atoms with Gasteiger partial charge < -0.3 is 14.7 Å². The van der Waals surface area contributed by atoms with Crippen molar-refractivity contribution in [1.82, 2.24) is 20.4 Å². The van der Waals surface area contributed by atoms with E-state index in [-0.39, 0.29) is 6.03 Å². The lowest BCUT2D eigenvalue weighted by Gasteiger charge is -2.30. The Morgan fingerprint density at radius 2 is 2.00 bits per heavy atom. The standard InChI is InChI=1S/C19H26N4O2/c1-3-17-21-18(25-22-17)16-6-4-15(5-7-16)8-11-20-19(24)23-12-9-14(2)10-13-23/h4-7,14H,3,8-13H2,1-2H3,(H,20,24). The molecule has 0 aliphatic carbocycles. The second-order valence-electron chi connectivity index (χ2n) is 6.72. The summed E-state index contributed by atoms with van der Waals surface area (Å²) in [7, 11) is 0. The van der Waals surface area contributed by atoms with Gasteiger partial charge in [0.05, 0.1) is 0 Å². The van der Waals surface area contributed by atoms with Gasteiger partial charge in [0.15, 0.2) is 5.82 Å². The molecular weight excluding hydrogens is 316 g/mol. The second kappa shape index (κ2) is 8.14. The highest BCUT2D eigenvalue weighted by Crippen LogP contribution is 2.18. The van der Waals surface area contributed by atoms with E-state index in [1.165, 1.54) is 5.56 Å². The zero-order valence-electron chi connectivity index (χ0n) is 15.0. The van der Waals surface area contributed by atoms with Gasteiger partial charge in [-0.05, 0) is 42.9 Å².